The van der Waals surface area contributed by atoms with Crippen LogP contribution in [0, 0.1) is 0 Å². The zero-order chi connectivity index (χ0) is 11.1. The van der Waals surface area contributed by atoms with Gasteiger partial charge in [-0.3, -0.25) is 4.79 Å². The highest BCUT2D eigenvalue weighted by molar-refractivity contribution is 6.08. The molecule has 0 saturated carbocycles. The molecule has 0 unspecified atom stereocenters. The SMILES string of the molecule is COc1ccc2[nH]c3[nH]c(C=O)cc3c2c1. The molecule has 0 fully saturated rings. The van der Waals surface area contributed by atoms with Gasteiger partial charge in [-0.15, -0.1) is 0 Å². The molecule has 0 radical (unpaired) electrons. The van der Waals surface area contributed by atoms with Crippen LogP contribution in [0.1, 0.15) is 10.5 Å². The smallest absolute Gasteiger partial charge is 0.166 e. The number of ether oxygens (including phenoxy) is 1. The predicted molar refractivity (Wildman–Crippen MR) is 62.1 cm³/mol. The monoisotopic (exact) mass is 214 g/mol. The van der Waals surface area contributed by atoms with Gasteiger partial charge in [-0.2, -0.15) is 0 Å². The molecule has 0 amide bonds. The average molecular weight is 214 g/mol. The molecule has 0 aliphatic rings. The highest BCUT2D eigenvalue weighted by Crippen LogP contribution is 2.28. The number of H-pyrrole nitrogens is 2. The maximum Gasteiger partial charge on any atom is 0.166 e. The first kappa shape index (κ1) is 9.03. The summed E-state index contributed by atoms with van der Waals surface area (Å²) in [4.78, 5) is 16.9. The summed E-state index contributed by atoms with van der Waals surface area (Å²) in [5.74, 6) is 0.808. The molecule has 0 saturated heterocycles. The van der Waals surface area contributed by atoms with Crippen LogP contribution in [0.25, 0.3) is 21.9 Å². The van der Waals surface area contributed by atoms with E-state index in [2.05, 4.69) is 9.97 Å². The second-order valence-electron chi connectivity index (χ2n) is 3.67. The van der Waals surface area contributed by atoms with Crippen molar-refractivity contribution < 1.29 is 9.53 Å². The molecule has 3 aromatic rings. The van der Waals surface area contributed by atoms with E-state index in [1.54, 1.807) is 7.11 Å². The van der Waals surface area contributed by atoms with Crippen LogP contribution in [0.4, 0.5) is 0 Å². The fourth-order valence-electron chi connectivity index (χ4n) is 1.97. The Hall–Kier alpha value is -2.23. The highest BCUT2D eigenvalue weighted by atomic mass is 16.5. The topological polar surface area (TPSA) is 57.9 Å². The van der Waals surface area contributed by atoms with Crippen LogP contribution in [0.2, 0.25) is 0 Å². The van der Waals surface area contributed by atoms with Crippen molar-refractivity contribution in [3.63, 3.8) is 0 Å². The van der Waals surface area contributed by atoms with Gasteiger partial charge >= 0.3 is 0 Å². The predicted octanol–water partition coefficient (Wildman–Crippen LogP) is 2.47. The van der Waals surface area contributed by atoms with Crippen LogP contribution in [0.5, 0.6) is 5.75 Å². The summed E-state index contributed by atoms with van der Waals surface area (Å²) >= 11 is 0. The van der Waals surface area contributed by atoms with Crippen molar-refractivity contribution in [1.82, 2.24) is 9.97 Å². The molecule has 3 rings (SSSR count). The van der Waals surface area contributed by atoms with Crippen LogP contribution < -0.4 is 4.74 Å². The minimum absolute atomic E-state index is 0.575. The first-order chi connectivity index (χ1) is 7.81. The first-order valence-corrected chi connectivity index (χ1v) is 4.95. The number of nitrogens with one attached hydrogen (secondary N) is 2. The van der Waals surface area contributed by atoms with E-state index in [9.17, 15) is 4.79 Å². The fourth-order valence-corrected chi connectivity index (χ4v) is 1.97. The van der Waals surface area contributed by atoms with Crippen molar-refractivity contribution in [3.05, 3.63) is 30.0 Å². The number of aromatic amines is 2. The lowest BCUT2D eigenvalue weighted by atomic mass is 10.2. The van der Waals surface area contributed by atoms with Crippen LogP contribution in [-0.4, -0.2) is 23.4 Å². The molecule has 2 N–H and O–H groups in total. The van der Waals surface area contributed by atoms with Crippen molar-refractivity contribution in [2.45, 2.75) is 0 Å². The van der Waals surface area contributed by atoms with Gasteiger partial charge in [0, 0.05) is 16.3 Å². The van der Waals surface area contributed by atoms with E-state index in [4.69, 9.17) is 4.74 Å². The maximum atomic E-state index is 10.7. The highest BCUT2D eigenvalue weighted by Gasteiger charge is 2.08. The minimum Gasteiger partial charge on any atom is -0.497 e. The zero-order valence-corrected chi connectivity index (χ0v) is 8.70. The van der Waals surface area contributed by atoms with Gasteiger partial charge < -0.3 is 14.7 Å². The molecule has 16 heavy (non-hydrogen) atoms. The standard InChI is InChI=1S/C12H10N2O2/c1-16-8-2-3-11-9(5-8)10-4-7(6-15)13-12(10)14-11/h2-6,13-14H,1H3. The van der Waals surface area contributed by atoms with E-state index in [0.29, 0.717) is 5.69 Å². The third kappa shape index (κ3) is 1.13. The average Bonchev–Trinajstić information content (AvgIpc) is 2.85. The van der Waals surface area contributed by atoms with E-state index in [-0.39, 0.29) is 0 Å². The van der Waals surface area contributed by atoms with Crippen molar-refractivity contribution in [2.24, 2.45) is 0 Å². The van der Waals surface area contributed by atoms with Gasteiger partial charge in [0.15, 0.2) is 6.29 Å². The van der Waals surface area contributed by atoms with Crippen LogP contribution in [-0.2, 0) is 0 Å². The quantitative estimate of drug-likeness (QED) is 0.644. The lowest BCUT2D eigenvalue weighted by Crippen LogP contribution is -1.81. The van der Waals surface area contributed by atoms with E-state index < -0.39 is 0 Å². The number of hydrogen-bond acceptors (Lipinski definition) is 2. The number of aldehydes is 1. The maximum absolute atomic E-state index is 10.7. The van der Waals surface area contributed by atoms with Crippen molar-refractivity contribution in [3.8, 4) is 5.75 Å². The third-order valence-corrected chi connectivity index (χ3v) is 2.74. The van der Waals surface area contributed by atoms with Gasteiger partial charge in [-0.05, 0) is 24.3 Å². The van der Waals surface area contributed by atoms with Gasteiger partial charge in [0.05, 0.1) is 12.8 Å². The largest absolute Gasteiger partial charge is 0.497 e. The number of hydrogen-bond donors (Lipinski definition) is 2. The lowest BCUT2D eigenvalue weighted by molar-refractivity contribution is 0.112. The molecule has 4 heteroatoms. The number of benzene rings is 1. The molecule has 0 atom stereocenters. The number of aromatic nitrogens is 2. The molecule has 0 bridgehead atoms. The number of rotatable bonds is 2. The first-order valence-electron chi connectivity index (χ1n) is 4.95. The zero-order valence-electron chi connectivity index (χ0n) is 8.70. The normalized spacial score (nSPS) is 11.1. The van der Waals surface area contributed by atoms with E-state index in [1.165, 1.54) is 0 Å². The minimum atomic E-state index is 0.575. The van der Waals surface area contributed by atoms with Gasteiger partial charge in [0.2, 0.25) is 0 Å². The van der Waals surface area contributed by atoms with Crippen molar-refractivity contribution >= 4 is 28.2 Å². The van der Waals surface area contributed by atoms with Gasteiger partial charge in [0.25, 0.3) is 0 Å². The fraction of sp³-hybridized carbons (Fsp3) is 0.0833. The van der Waals surface area contributed by atoms with E-state index >= 15 is 0 Å². The molecule has 2 aromatic heterocycles. The molecular formula is C12H10N2O2. The Balaban J connectivity index is 2.38. The number of fused-ring (bicyclic) bond motifs is 3. The van der Waals surface area contributed by atoms with Gasteiger partial charge in [-0.25, -0.2) is 0 Å². The molecule has 0 spiro atoms. The Labute approximate surface area is 91.2 Å². The van der Waals surface area contributed by atoms with Gasteiger partial charge in [0.1, 0.15) is 11.4 Å². The summed E-state index contributed by atoms with van der Waals surface area (Å²) in [7, 11) is 1.64. The third-order valence-electron chi connectivity index (χ3n) is 2.74. The number of carbonyl (C=O) groups is 1. The Morgan fingerprint density at radius 2 is 2.06 bits per heavy atom. The van der Waals surface area contributed by atoms with Crippen molar-refractivity contribution in [1.29, 1.82) is 0 Å². The second-order valence-corrected chi connectivity index (χ2v) is 3.67. The molecule has 80 valence electrons. The van der Waals surface area contributed by atoms with Crippen LogP contribution in [0.3, 0.4) is 0 Å². The summed E-state index contributed by atoms with van der Waals surface area (Å²) in [6.45, 7) is 0. The second kappa shape index (κ2) is 3.13. The Morgan fingerprint density at radius 1 is 1.19 bits per heavy atom. The van der Waals surface area contributed by atoms with Crippen LogP contribution in [0.15, 0.2) is 24.3 Å². The summed E-state index contributed by atoms with van der Waals surface area (Å²) < 4.78 is 5.18. The summed E-state index contributed by atoms with van der Waals surface area (Å²) in [5.41, 5.74) is 2.47. The molecule has 1 aromatic carbocycles. The summed E-state index contributed by atoms with van der Waals surface area (Å²) in [6, 6.07) is 7.65. The van der Waals surface area contributed by atoms with Crippen molar-refractivity contribution in [2.75, 3.05) is 7.11 Å². The Morgan fingerprint density at radius 3 is 2.81 bits per heavy atom. The molecule has 0 aliphatic heterocycles. The lowest BCUT2D eigenvalue weighted by Gasteiger charge is -1.98. The van der Waals surface area contributed by atoms with Gasteiger partial charge in [-0.1, -0.05) is 0 Å². The molecule has 2 heterocycles. The van der Waals surface area contributed by atoms with E-state index in [1.807, 2.05) is 24.3 Å². The number of carbonyl (C=O) groups excluding carboxylic acids is 1. The Kier molecular flexibility index (Phi) is 1.77. The van der Waals surface area contributed by atoms with Crippen LogP contribution >= 0.6 is 0 Å². The molecular weight excluding hydrogens is 204 g/mol. The summed E-state index contributed by atoms with van der Waals surface area (Å²) in [6.07, 6.45) is 0.805. The molecule has 4 nitrogen and oxygen atoms in total. The Bertz CT molecular complexity index is 679. The van der Waals surface area contributed by atoms with E-state index in [0.717, 1.165) is 34.0 Å². The number of methoxy groups -OCH3 is 1. The molecule has 0 aliphatic carbocycles. The summed E-state index contributed by atoms with van der Waals surface area (Å²) in [5, 5.41) is 2.06.